The summed E-state index contributed by atoms with van der Waals surface area (Å²) in [5.41, 5.74) is 0. The SMILES string of the molecule is CC(=O)OC[C@H]1O[C@@H](n2nc([N+](=O)[O-])nc2Br)[C@H](OC(C)=O)[C@@H]1OC(C)=O. The van der Waals surface area contributed by atoms with Gasteiger partial charge < -0.3 is 29.1 Å². The minimum atomic E-state index is -1.23. The van der Waals surface area contributed by atoms with Gasteiger partial charge in [0.25, 0.3) is 4.73 Å². The van der Waals surface area contributed by atoms with Crippen molar-refractivity contribution in [3.63, 3.8) is 0 Å². The number of hydrogen-bond acceptors (Lipinski definition) is 11. The third kappa shape index (κ3) is 4.97. The number of ether oxygens (including phenoxy) is 4. The molecule has 1 aromatic rings. The Kier molecular flexibility index (Phi) is 6.43. The van der Waals surface area contributed by atoms with E-state index in [-0.39, 0.29) is 11.3 Å². The fourth-order valence-corrected chi connectivity index (χ4v) is 2.86. The fraction of sp³-hybridized carbons (Fsp3) is 0.615. The summed E-state index contributed by atoms with van der Waals surface area (Å²) in [5, 5.41) is 14.6. The molecular formula is C13H15BrN4O9. The topological polar surface area (TPSA) is 162 Å². The Labute approximate surface area is 160 Å². The van der Waals surface area contributed by atoms with E-state index < -0.39 is 53.3 Å². The summed E-state index contributed by atoms with van der Waals surface area (Å²) >= 11 is 3.01. The average molecular weight is 451 g/mol. The van der Waals surface area contributed by atoms with E-state index in [1.807, 2.05) is 0 Å². The third-order valence-corrected chi connectivity index (χ3v) is 3.86. The van der Waals surface area contributed by atoms with Crippen LogP contribution in [0.5, 0.6) is 0 Å². The summed E-state index contributed by atoms with van der Waals surface area (Å²) < 4.78 is 21.8. The minimum absolute atomic E-state index is 0.0777. The Morgan fingerprint density at radius 2 is 1.78 bits per heavy atom. The first-order valence-corrected chi connectivity index (χ1v) is 8.29. The third-order valence-electron chi connectivity index (χ3n) is 3.32. The molecule has 1 aromatic heterocycles. The van der Waals surface area contributed by atoms with Gasteiger partial charge in [0.2, 0.25) is 6.23 Å². The number of aromatic nitrogens is 3. The van der Waals surface area contributed by atoms with E-state index in [4.69, 9.17) is 18.9 Å². The highest BCUT2D eigenvalue weighted by Gasteiger charge is 2.52. The summed E-state index contributed by atoms with van der Waals surface area (Å²) in [6.45, 7) is 3.13. The van der Waals surface area contributed by atoms with Crippen molar-refractivity contribution < 1.29 is 38.3 Å². The van der Waals surface area contributed by atoms with Gasteiger partial charge in [-0.05, 0) is 9.91 Å². The quantitative estimate of drug-likeness (QED) is 0.253. The predicted octanol–water partition coefficient (Wildman–Crippen LogP) is 0.273. The van der Waals surface area contributed by atoms with Crippen molar-refractivity contribution in [2.24, 2.45) is 0 Å². The standard InChI is InChI=1S/C13H15BrN4O9/c1-5(19)24-4-8-9(25-6(2)20)10(26-7(3)21)11(27-8)17-12(14)15-13(16-17)18(22)23/h8-11H,4H2,1-3H3/t8-,9-,10-,11-/m1/s1. The Morgan fingerprint density at radius 1 is 1.19 bits per heavy atom. The van der Waals surface area contributed by atoms with Crippen LogP contribution in [0.4, 0.5) is 5.95 Å². The molecule has 0 amide bonds. The lowest BCUT2D eigenvalue weighted by Crippen LogP contribution is -2.40. The number of hydrogen-bond donors (Lipinski definition) is 0. The zero-order valence-corrected chi connectivity index (χ0v) is 15.9. The van der Waals surface area contributed by atoms with E-state index in [0.29, 0.717) is 0 Å². The highest BCUT2D eigenvalue weighted by atomic mass is 79.9. The van der Waals surface area contributed by atoms with Crippen LogP contribution in [0, 0.1) is 10.1 Å². The Hall–Kier alpha value is -2.61. The lowest BCUT2D eigenvalue weighted by atomic mass is 10.1. The molecule has 13 nitrogen and oxygen atoms in total. The van der Waals surface area contributed by atoms with Crippen molar-refractivity contribution in [2.45, 2.75) is 45.3 Å². The van der Waals surface area contributed by atoms with Gasteiger partial charge in [0.05, 0.1) is 0 Å². The molecule has 0 spiro atoms. The predicted molar refractivity (Wildman–Crippen MR) is 86.0 cm³/mol. The van der Waals surface area contributed by atoms with Gasteiger partial charge in [-0.2, -0.15) is 0 Å². The number of carbonyl (C=O) groups is 3. The van der Waals surface area contributed by atoms with Crippen molar-refractivity contribution in [1.82, 2.24) is 14.8 Å². The van der Waals surface area contributed by atoms with E-state index in [9.17, 15) is 24.5 Å². The van der Waals surface area contributed by atoms with E-state index in [2.05, 4.69) is 26.0 Å². The molecule has 4 atom stereocenters. The molecule has 2 heterocycles. The largest absolute Gasteiger partial charge is 0.492 e. The summed E-state index contributed by atoms with van der Waals surface area (Å²) in [4.78, 5) is 47.7. The van der Waals surface area contributed by atoms with Gasteiger partial charge in [-0.15, -0.1) is 4.68 Å². The Morgan fingerprint density at radius 3 is 2.26 bits per heavy atom. The average Bonchev–Trinajstić information content (AvgIpc) is 3.06. The van der Waals surface area contributed by atoms with Crippen LogP contribution in [0.25, 0.3) is 0 Å². The van der Waals surface area contributed by atoms with Crippen molar-refractivity contribution >= 4 is 39.8 Å². The van der Waals surface area contributed by atoms with Crippen LogP contribution in [-0.2, 0) is 33.3 Å². The van der Waals surface area contributed by atoms with Gasteiger partial charge >= 0.3 is 23.9 Å². The van der Waals surface area contributed by atoms with Crippen molar-refractivity contribution in [2.75, 3.05) is 6.61 Å². The van der Waals surface area contributed by atoms with E-state index in [0.717, 1.165) is 18.5 Å². The van der Waals surface area contributed by atoms with Crippen LogP contribution in [-0.4, -0.2) is 62.5 Å². The molecule has 1 aliphatic heterocycles. The molecule has 1 aliphatic rings. The summed E-state index contributed by atoms with van der Waals surface area (Å²) in [6, 6.07) is 0. The van der Waals surface area contributed by atoms with Crippen LogP contribution in [0.2, 0.25) is 0 Å². The van der Waals surface area contributed by atoms with Crippen LogP contribution < -0.4 is 0 Å². The molecule has 1 fully saturated rings. The lowest BCUT2D eigenvalue weighted by Gasteiger charge is -2.22. The highest BCUT2D eigenvalue weighted by Crippen LogP contribution is 2.36. The van der Waals surface area contributed by atoms with Crippen molar-refractivity contribution in [3.8, 4) is 0 Å². The van der Waals surface area contributed by atoms with Crippen molar-refractivity contribution in [3.05, 3.63) is 14.8 Å². The molecule has 148 valence electrons. The smallest absolute Gasteiger partial charge is 0.463 e. The number of halogens is 1. The molecule has 1 saturated heterocycles. The first-order chi connectivity index (χ1) is 12.6. The van der Waals surface area contributed by atoms with Crippen LogP contribution in [0.3, 0.4) is 0 Å². The molecule has 0 unspecified atom stereocenters. The van der Waals surface area contributed by atoms with Gasteiger partial charge in [-0.25, -0.2) is 0 Å². The number of rotatable bonds is 6. The summed E-state index contributed by atoms with van der Waals surface area (Å²) in [5.74, 6) is -2.74. The zero-order valence-electron chi connectivity index (χ0n) is 14.4. The second kappa shape index (κ2) is 8.39. The Bertz CT molecular complexity index is 767. The maximum atomic E-state index is 11.5. The molecule has 0 bridgehead atoms. The molecule has 0 N–H and O–H groups in total. The zero-order chi connectivity index (χ0) is 20.3. The number of carbonyl (C=O) groups excluding carboxylic acids is 3. The normalized spacial score (nSPS) is 24.3. The highest BCUT2D eigenvalue weighted by molar-refractivity contribution is 9.10. The molecule has 2 rings (SSSR count). The van der Waals surface area contributed by atoms with E-state index in [1.54, 1.807) is 0 Å². The van der Waals surface area contributed by atoms with Gasteiger partial charge in [0.1, 0.15) is 12.7 Å². The number of nitrogens with zero attached hydrogens (tertiary/aromatic N) is 4. The fourth-order valence-electron chi connectivity index (χ4n) is 2.42. The van der Waals surface area contributed by atoms with E-state index >= 15 is 0 Å². The lowest BCUT2D eigenvalue weighted by molar-refractivity contribution is -0.394. The molecule has 0 radical (unpaired) electrons. The molecule has 27 heavy (non-hydrogen) atoms. The first-order valence-electron chi connectivity index (χ1n) is 7.49. The Balaban J connectivity index is 2.40. The van der Waals surface area contributed by atoms with Crippen LogP contribution >= 0.6 is 15.9 Å². The monoisotopic (exact) mass is 450 g/mol. The summed E-state index contributed by atoms with van der Waals surface area (Å²) in [7, 11) is 0. The second-order valence-corrected chi connectivity index (χ2v) is 6.11. The number of nitro groups is 1. The second-order valence-electron chi connectivity index (χ2n) is 5.40. The maximum Gasteiger partial charge on any atom is 0.492 e. The van der Waals surface area contributed by atoms with Crippen LogP contribution in [0.15, 0.2) is 4.73 Å². The molecule has 0 saturated carbocycles. The number of esters is 3. The van der Waals surface area contributed by atoms with Gasteiger partial charge in [-0.1, -0.05) is 0 Å². The van der Waals surface area contributed by atoms with Gasteiger partial charge in [0.15, 0.2) is 12.2 Å². The molecule has 14 heteroatoms. The molecule has 0 aromatic carbocycles. The van der Waals surface area contributed by atoms with Gasteiger partial charge in [-0.3, -0.25) is 14.4 Å². The van der Waals surface area contributed by atoms with E-state index in [1.165, 1.54) is 6.92 Å². The molecule has 0 aliphatic carbocycles. The first kappa shape index (κ1) is 20.7. The maximum absolute atomic E-state index is 11.5. The minimum Gasteiger partial charge on any atom is -0.463 e. The van der Waals surface area contributed by atoms with Crippen LogP contribution in [0.1, 0.15) is 27.0 Å². The molecular weight excluding hydrogens is 436 g/mol. The van der Waals surface area contributed by atoms with Gasteiger partial charge in [0, 0.05) is 41.8 Å². The van der Waals surface area contributed by atoms with Crippen molar-refractivity contribution in [1.29, 1.82) is 0 Å². The summed E-state index contributed by atoms with van der Waals surface area (Å²) in [6.07, 6.45) is -4.60.